The van der Waals surface area contributed by atoms with E-state index >= 15 is 0 Å². The number of hydrogen-bond donors (Lipinski definition) is 0. The molecule has 5 rings (SSSR count). The zero-order valence-electron chi connectivity index (χ0n) is 16.5. The molecule has 0 radical (unpaired) electrons. The van der Waals surface area contributed by atoms with Crippen molar-refractivity contribution in [1.29, 1.82) is 0 Å². The Morgan fingerprint density at radius 2 is 1.62 bits per heavy atom. The topological polar surface area (TPSA) is 54.5 Å². The predicted octanol–water partition coefficient (Wildman–Crippen LogP) is 4.56. The highest BCUT2D eigenvalue weighted by molar-refractivity contribution is 7.92. The molecule has 1 aromatic heterocycles. The number of piperidine rings is 1. The van der Waals surface area contributed by atoms with Gasteiger partial charge in [-0.2, -0.15) is 0 Å². The molecule has 2 aromatic rings. The van der Waals surface area contributed by atoms with Crippen LogP contribution in [0.25, 0.3) is 0 Å². The van der Waals surface area contributed by atoms with Gasteiger partial charge in [0.15, 0.2) is 9.84 Å². The van der Waals surface area contributed by atoms with Gasteiger partial charge >= 0.3 is 0 Å². The average Bonchev–Trinajstić information content (AvgIpc) is 3.48. The third kappa shape index (κ3) is 3.07. The molecule has 2 bridgehead atoms. The van der Waals surface area contributed by atoms with Crippen LogP contribution in [0.15, 0.2) is 52.7 Å². The molecule has 4 nitrogen and oxygen atoms in total. The van der Waals surface area contributed by atoms with Crippen LogP contribution in [0.5, 0.6) is 0 Å². The second kappa shape index (κ2) is 7.24. The summed E-state index contributed by atoms with van der Waals surface area (Å²) in [6.45, 7) is 0. The maximum absolute atomic E-state index is 13.9. The van der Waals surface area contributed by atoms with Crippen LogP contribution in [0.2, 0.25) is 0 Å². The number of benzene rings is 1. The zero-order chi connectivity index (χ0) is 20.1. The van der Waals surface area contributed by atoms with E-state index in [2.05, 4.69) is 16.3 Å². The van der Waals surface area contributed by atoms with E-state index in [4.69, 9.17) is 0 Å². The summed E-state index contributed by atoms with van der Waals surface area (Å²) in [6.07, 6.45) is 7.03. The van der Waals surface area contributed by atoms with E-state index in [1.807, 2.05) is 12.1 Å². The average molecular weight is 430 g/mol. The molecular weight excluding hydrogens is 402 g/mol. The van der Waals surface area contributed by atoms with Gasteiger partial charge in [0, 0.05) is 17.0 Å². The first-order valence-corrected chi connectivity index (χ1v) is 13.1. The molecule has 3 aliphatic rings. The molecule has 3 fully saturated rings. The number of carbonyl (C=O) groups is 1. The Bertz CT molecular complexity index is 964. The second-order valence-corrected chi connectivity index (χ2v) is 12.0. The fourth-order valence-corrected chi connectivity index (χ4v) is 8.71. The van der Waals surface area contributed by atoms with Crippen molar-refractivity contribution in [3.63, 3.8) is 0 Å². The molecule has 2 unspecified atom stereocenters. The minimum absolute atomic E-state index is 0.0576. The van der Waals surface area contributed by atoms with E-state index < -0.39 is 9.84 Å². The van der Waals surface area contributed by atoms with Crippen LogP contribution in [0, 0.1) is 0 Å². The van der Waals surface area contributed by atoms with Crippen molar-refractivity contribution in [3.8, 4) is 0 Å². The van der Waals surface area contributed by atoms with Crippen molar-refractivity contribution in [2.45, 2.75) is 79.0 Å². The molecule has 1 saturated carbocycles. The highest BCUT2D eigenvalue weighted by Gasteiger charge is 2.53. The van der Waals surface area contributed by atoms with Gasteiger partial charge in [-0.15, -0.1) is 11.3 Å². The third-order valence-corrected chi connectivity index (χ3v) is 10.6. The van der Waals surface area contributed by atoms with Gasteiger partial charge in [-0.3, -0.25) is 4.79 Å². The summed E-state index contributed by atoms with van der Waals surface area (Å²) in [7, 11) is -3.35. The summed E-state index contributed by atoms with van der Waals surface area (Å²) in [6, 6.07) is 13.1. The number of thiophene rings is 1. The Morgan fingerprint density at radius 3 is 2.21 bits per heavy atom. The monoisotopic (exact) mass is 429 g/mol. The first kappa shape index (κ1) is 19.3. The van der Waals surface area contributed by atoms with Crippen molar-refractivity contribution >= 4 is 27.1 Å². The molecule has 1 amide bonds. The van der Waals surface area contributed by atoms with E-state index in [0.717, 1.165) is 38.5 Å². The minimum atomic E-state index is -3.35. The summed E-state index contributed by atoms with van der Waals surface area (Å²) < 4.78 is 26.4. The molecule has 1 aromatic carbocycles. The molecule has 0 N–H and O–H groups in total. The van der Waals surface area contributed by atoms with Gasteiger partial charge in [0.25, 0.3) is 0 Å². The predicted molar refractivity (Wildman–Crippen MR) is 115 cm³/mol. The summed E-state index contributed by atoms with van der Waals surface area (Å²) in [4.78, 5) is 17.6. The number of fused-ring (bicyclic) bond motifs is 2. The SMILES string of the molecule is O=C(N1C2CCC1CC(S(=O)(=O)c1ccccc1)C2)C1(c2cccs2)CCCC1. The standard InChI is InChI=1S/C23H27NO3S2/c25-22(23(12-4-5-13-23)21-9-6-14-28-21)24-17-10-11-18(24)16-20(15-17)29(26,27)19-7-2-1-3-8-19/h1-3,6-9,14,17-18,20H,4-5,10-13,15-16H2. The van der Waals surface area contributed by atoms with Crippen LogP contribution in [0.3, 0.4) is 0 Å². The van der Waals surface area contributed by atoms with Crippen molar-refractivity contribution in [1.82, 2.24) is 4.90 Å². The molecular formula is C23H27NO3S2. The van der Waals surface area contributed by atoms with Gasteiger partial charge in [-0.25, -0.2) is 8.42 Å². The highest BCUT2D eigenvalue weighted by Crippen LogP contribution is 2.48. The molecule has 2 saturated heterocycles. The normalized spacial score (nSPS) is 28.6. The number of sulfone groups is 1. The van der Waals surface area contributed by atoms with Gasteiger partial charge in [0.05, 0.1) is 15.6 Å². The van der Waals surface area contributed by atoms with Crippen molar-refractivity contribution in [3.05, 3.63) is 52.7 Å². The summed E-state index contributed by atoms with van der Waals surface area (Å²) >= 11 is 1.69. The van der Waals surface area contributed by atoms with Crippen LogP contribution in [-0.4, -0.2) is 36.6 Å². The number of nitrogens with zero attached hydrogens (tertiary/aromatic N) is 1. The summed E-state index contributed by atoms with van der Waals surface area (Å²) in [5.74, 6) is 0.264. The molecule has 0 spiro atoms. The number of rotatable bonds is 4. The Hall–Kier alpha value is -1.66. The Balaban J connectivity index is 1.42. The largest absolute Gasteiger partial charge is 0.336 e. The maximum atomic E-state index is 13.9. The lowest BCUT2D eigenvalue weighted by Gasteiger charge is -2.43. The van der Waals surface area contributed by atoms with Gasteiger partial charge in [-0.1, -0.05) is 37.1 Å². The van der Waals surface area contributed by atoms with Gasteiger partial charge in [-0.05, 0) is 62.1 Å². The van der Waals surface area contributed by atoms with E-state index in [0.29, 0.717) is 17.7 Å². The lowest BCUT2D eigenvalue weighted by Crippen LogP contribution is -2.55. The van der Waals surface area contributed by atoms with Crippen molar-refractivity contribution in [2.24, 2.45) is 0 Å². The van der Waals surface area contributed by atoms with Crippen molar-refractivity contribution in [2.75, 3.05) is 0 Å². The van der Waals surface area contributed by atoms with E-state index in [1.165, 1.54) is 4.88 Å². The molecule has 3 heterocycles. The molecule has 6 heteroatoms. The summed E-state index contributed by atoms with van der Waals surface area (Å²) in [5, 5.41) is 1.68. The molecule has 2 atom stereocenters. The van der Waals surface area contributed by atoms with Gasteiger partial charge in [0.1, 0.15) is 0 Å². The molecule has 29 heavy (non-hydrogen) atoms. The Kier molecular flexibility index (Phi) is 4.82. The minimum Gasteiger partial charge on any atom is -0.336 e. The van der Waals surface area contributed by atoms with Crippen LogP contribution in [0.4, 0.5) is 0 Å². The number of carbonyl (C=O) groups excluding carboxylic acids is 1. The van der Waals surface area contributed by atoms with E-state index in [9.17, 15) is 13.2 Å². The Morgan fingerprint density at radius 1 is 0.966 bits per heavy atom. The Labute approximate surface area is 176 Å². The summed E-state index contributed by atoms with van der Waals surface area (Å²) in [5.41, 5.74) is -0.375. The van der Waals surface area contributed by atoms with Gasteiger partial charge < -0.3 is 4.90 Å². The zero-order valence-corrected chi connectivity index (χ0v) is 18.1. The van der Waals surface area contributed by atoms with Crippen LogP contribution >= 0.6 is 11.3 Å². The quantitative estimate of drug-likeness (QED) is 0.716. The van der Waals surface area contributed by atoms with Crippen LogP contribution in [0.1, 0.15) is 56.2 Å². The highest BCUT2D eigenvalue weighted by atomic mass is 32.2. The fourth-order valence-electron chi connectivity index (χ4n) is 5.86. The number of amides is 1. The van der Waals surface area contributed by atoms with E-state index in [-0.39, 0.29) is 28.7 Å². The van der Waals surface area contributed by atoms with E-state index in [1.54, 1.807) is 35.6 Å². The van der Waals surface area contributed by atoms with Crippen LogP contribution in [-0.2, 0) is 20.0 Å². The third-order valence-electron chi connectivity index (χ3n) is 7.29. The lowest BCUT2D eigenvalue weighted by molar-refractivity contribution is -0.141. The fraction of sp³-hybridized carbons (Fsp3) is 0.522. The van der Waals surface area contributed by atoms with Crippen molar-refractivity contribution < 1.29 is 13.2 Å². The lowest BCUT2D eigenvalue weighted by atomic mass is 9.81. The molecule has 1 aliphatic carbocycles. The second-order valence-electron chi connectivity index (χ2n) is 8.82. The number of hydrogen-bond acceptors (Lipinski definition) is 4. The smallest absolute Gasteiger partial charge is 0.234 e. The maximum Gasteiger partial charge on any atom is 0.234 e. The molecule has 2 aliphatic heterocycles. The first-order chi connectivity index (χ1) is 14.0. The van der Waals surface area contributed by atoms with Crippen LogP contribution < -0.4 is 0 Å². The molecule has 154 valence electrons. The first-order valence-electron chi connectivity index (χ1n) is 10.7. The van der Waals surface area contributed by atoms with Gasteiger partial charge in [0.2, 0.25) is 5.91 Å².